The van der Waals surface area contributed by atoms with E-state index < -0.39 is 9.84 Å². The van der Waals surface area contributed by atoms with Crippen molar-refractivity contribution in [2.75, 3.05) is 38.2 Å². The highest BCUT2D eigenvalue weighted by Gasteiger charge is 2.23. The molecule has 0 radical (unpaired) electrons. The summed E-state index contributed by atoms with van der Waals surface area (Å²) < 4.78 is 22.3. The molecule has 1 heterocycles. The lowest BCUT2D eigenvalue weighted by atomic mass is 9.90. The molecule has 108 valence electrons. The van der Waals surface area contributed by atoms with Gasteiger partial charge in [0.25, 0.3) is 0 Å². The van der Waals surface area contributed by atoms with Crippen LogP contribution < -0.4 is 5.32 Å². The molecule has 5 heteroatoms. The van der Waals surface area contributed by atoms with Crippen molar-refractivity contribution in [2.45, 2.75) is 39.2 Å². The van der Waals surface area contributed by atoms with Crippen molar-refractivity contribution in [3.8, 4) is 0 Å². The molecule has 1 atom stereocenters. The quantitative estimate of drug-likeness (QED) is 0.757. The van der Waals surface area contributed by atoms with Crippen LogP contribution >= 0.6 is 0 Å². The number of likely N-dealkylation sites (tertiary alicyclic amines) is 1. The van der Waals surface area contributed by atoms with E-state index in [1.165, 1.54) is 25.5 Å². The molecule has 1 N–H and O–H groups in total. The van der Waals surface area contributed by atoms with Gasteiger partial charge in [0.15, 0.2) is 0 Å². The summed E-state index contributed by atoms with van der Waals surface area (Å²) in [6.45, 7) is 8.33. The zero-order chi connectivity index (χ0) is 13.6. The average Bonchev–Trinajstić information content (AvgIpc) is 2.33. The van der Waals surface area contributed by atoms with Gasteiger partial charge in [0.05, 0.1) is 5.75 Å². The van der Waals surface area contributed by atoms with Crippen LogP contribution in [-0.4, -0.2) is 57.5 Å². The van der Waals surface area contributed by atoms with E-state index in [9.17, 15) is 8.42 Å². The number of sulfone groups is 1. The van der Waals surface area contributed by atoms with Gasteiger partial charge in [-0.1, -0.05) is 6.92 Å². The van der Waals surface area contributed by atoms with Crippen LogP contribution in [0.25, 0.3) is 0 Å². The first kappa shape index (κ1) is 15.9. The van der Waals surface area contributed by atoms with Gasteiger partial charge in [0.2, 0.25) is 0 Å². The van der Waals surface area contributed by atoms with Crippen LogP contribution in [-0.2, 0) is 9.84 Å². The molecule has 0 amide bonds. The minimum absolute atomic E-state index is 0.293. The Morgan fingerprint density at radius 2 is 1.94 bits per heavy atom. The van der Waals surface area contributed by atoms with E-state index in [0.717, 1.165) is 25.6 Å². The third-order valence-electron chi connectivity index (χ3n) is 3.83. The van der Waals surface area contributed by atoms with Gasteiger partial charge in [-0.3, -0.25) is 0 Å². The molecule has 4 nitrogen and oxygen atoms in total. The van der Waals surface area contributed by atoms with Crippen molar-refractivity contribution in [1.29, 1.82) is 0 Å². The van der Waals surface area contributed by atoms with E-state index in [1.54, 1.807) is 0 Å². The maximum atomic E-state index is 11.1. The van der Waals surface area contributed by atoms with Crippen LogP contribution in [0, 0.1) is 5.92 Å². The number of piperidine rings is 1. The first-order valence-electron chi connectivity index (χ1n) is 7.06. The monoisotopic (exact) mass is 276 g/mol. The van der Waals surface area contributed by atoms with E-state index in [-0.39, 0.29) is 0 Å². The van der Waals surface area contributed by atoms with Gasteiger partial charge in [-0.2, -0.15) is 0 Å². The fourth-order valence-corrected chi connectivity index (χ4v) is 3.10. The van der Waals surface area contributed by atoms with Gasteiger partial charge in [0.1, 0.15) is 9.84 Å². The molecule has 0 aromatic rings. The number of nitrogens with one attached hydrogen (secondary N) is 1. The summed E-state index contributed by atoms with van der Waals surface area (Å²) in [7, 11) is -2.82. The Balaban J connectivity index is 2.24. The second-order valence-electron chi connectivity index (χ2n) is 5.55. The summed E-state index contributed by atoms with van der Waals surface area (Å²) in [5.74, 6) is 1.03. The largest absolute Gasteiger partial charge is 0.314 e. The average molecular weight is 276 g/mol. The normalized spacial score (nSPS) is 21.1. The maximum absolute atomic E-state index is 11.1. The van der Waals surface area contributed by atoms with Crippen LogP contribution in [0.1, 0.15) is 33.1 Å². The highest BCUT2D eigenvalue weighted by Crippen LogP contribution is 2.20. The van der Waals surface area contributed by atoms with Crippen LogP contribution in [0.5, 0.6) is 0 Å². The van der Waals surface area contributed by atoms with Crippen LogP contribution in [0.15, 0.2) is 0 Å². The molecule has 1 rings (SSSR count). The van der Waals surface area contributed by atoms with Crippen LogP contribution in [0.3, 0.4) is 0 Å². The fourth-order valence-electron chi connectivity index (χ4n) is 2.51. The highest BCUT2D eigenvalue weighted by molar-refractivity contribution is 7.90. The highest BCUT2D eigenvalue weighted by atomic mass is 32.2. The topological polar surface area (TPSA) is 49.4 Å². The van der Waals surface area contributed by atoms with Gasteiger partial charge >= 0.3 is 0 Å². The minimum Gasteiger partial charge on any atom is -0.314 e. The lowest BCUT2D eigenvalue weighted by molar-refractivity contribution is 0.170. The first-order valence-corrected chi connectivity index (χ1v) is 9.12. The number of hydrogen-bond acceptors (Lipinski definition) is 4. The Labute approximate surface area is 112 Å². The summed E-state index contributed by atoms with van der Waals surface area (Å²) >= 11 is 0. The van der Waals surface area contributed by atoms with Crippen molar-refractivity contribution < 1.29 is 8.42 Å². The van der Waals surface area contributed by atoms with Crippen LogP contribution in [0.2, 0.25) is 0 Å². The SMILES string of the molecule is CCCNC(C)C1CCN(CCS(C)(=O)=O)CC1. The minimum atomic E-state index is -2.82. The fraction of sp³-hybridized carbons (Fsp3) is 1.00. The molecule has 0 saturated carbocycles. The van der Waals surface area contributed by atoms with Gasteiger partial charge in [-0.15, -0.1) is 0 Å². The molecular formula is C13H28N2O2S. The number of hydrogen-bond donors (Lipinski definition) is 1. The second kappa shape index (κ2) is 7.46. The lowest BCUT2D eigenvalue weighted by Crippen LogP contribution is -2.43. The number of nitrogens with zero attached hydrogens (tertiary/aromatic N) is 1. The maximum Gasteiger partial charge on any atom is 0.148 e. The summed E-state index contributed by atoms with van der Waals surface area (Å²) in [6, 6.07) is 0.585. The van der Waals surface area contributed by atoms with E-state index >= 15 is 0 Å². The summed E-state index contributed by atoms with van der Waals surface area (Å²) in [5.41, 5.74) is 0. The molecule has 0 aromatic heterocycles. The standard InChI is InChI=1S/C13H28N2O2S/c1-4-7-14-12(2)13-5-8-15(9-6-13)10-11-18(3,16)17/h12-14H,4-11H2,1-3H3. The summed E-state index contributed by atoms with van der Waals surface area (Å²) in [5, 5.41) is 3.56. The Kier molecular flexibility index (Phi) is 6.60. The van der Waals surface area contributed by atoms with Gasteiger partial charge in [0, 0.05) is 18.8 Å². The molecule has 0 spiro atoms. The molecule has 1 fully saturated rings. The van der Waals surface area contributed by atoms with Crippen molar-refractivity contribution in [1.82, 2.24) is 10.2 Å². The Hall–Kier alpha value is -0.130. The zero-order valence-electron chi connectivity index (χ0n) is 12.0. The summed E-state index contributed by atoms with van der Waals surface area (Å²) in [6.07, 6.45) is 4.86. The van der Waals surface area contributed by atoms with Crippen molar-refractivity contribution in [3.63, 3.8) is 0 Å². The third-order valence-corrected chi connectivity index (χ3v) is 4.76. The van der Waals surface area contributed by atoms with Crippen molar-refractivity contribution >= 4 is 9.84 Å². The van der Waals surface area contributed by atoms with Crippen molar-refractivity contribution in [3.05, 3.63) is 0 Å². The van der Waals surface area contributed by atoms with Gasteiger partial charge < -0.3 is 10.2 Å². The number of rotatable bonds is 7. The van der Waals surface area contributed by atoms with Gasteiger partial charge in [-0.25, -0.2) is 8.42 Å². The van der Waals surface area contributed by atoms with E-state index in [4.69, 9.17) is 0 Å². The molecule has 0 aliphatic carbocycles. The molecule has 0 bridgehead atoms. The van der Waals surface area contributed by atoms with Crippen LogP contribution in [0.4, 0.5) is 0 Å². The zero-order valence-corrected chi connectivity index (χ0v) is 12.8. The molecule has 1 aliphatic rings. The predicted molar refractivity (Wildman–Crippen MR) is 76.6 cm³/mol. The lowest BCUT2D eigenvalue weighted by Gasteiger charge is -2.35. The van der Waals surface area contributed by atoms with E-state index in [0.29, 0.717) is 18.3 Å². The molecule has 0 aromatic carbocycles. The molecule has 1 saturated heterocycles. The van der Waals surface area contributed by atoms with E-state index in [2.05, 4.69) is 24.1 Å². The van der Waals surface area contributed by atoms with Crippen molar-refractivity contribution in [2.24, 2.45) is 5.92 Å². The molecule has 1 unspecified atom stereocenters. The predicted octanol–water partition coefficient (Wildman–Crippen LogP) is 1.13. The van der Waals surface area contributed by atoms with Gasteiger partial charge in [-0.05, 0) is 51.7 Å². The molecule has 1 aliphatic heterocycles. The summed E-state index contributed by atoms with van der Waals surface area (Å²) in [4.78, 5) is 2.28. The van der Waals surface area contributed by atoms with E-state index in [1.807, 2.05) is 0 Å². The first-order chi connectivity index (χ1) is 8.42. The Bertz CT molecular complexity index is 322. The Morgan fingerprint density at radius 1 is 1.33 bits per heavy atom. The third kappa shape index (κ3) is 6.16. The molecular weight excluding hydrogens is 248 g/mol. The molecule has 18 heavy (non-hydrogen) atoms. The smallest absolute Gasteiger partial charge is 0.148 e. The second-order valence-corrected chi connectivity index (χ2v) is 7.81. The Morgan fingerprint density at radius 3 is 2.44 bits per heavy atom.